The van der Waals surface area contributed by atoms with Crippen LogP contribution in [0.5, 0.6) is 0 Å². The molecule has 0 spiro atoms. The number of likely N-dealkylation sites (N-methyl/N-ethyl adjacent to an activating group) is 1. The average Bonchev–Trinajstić information content (AvgIpc) is 3.15. The molecule has 0 saturated heterocycles. The number of methoxy groups -OCH3 is 1. The Kier molecular flexibility index (Phi) is 7.32. The van der Waals surface area contributed by atoms with Gasteiger partial charge in [-0.3, -0.25) is 9.59 Å². The number of sulfonamides is 1. The molecule has 2 amide bonds. The van der Waals surface area contributed by atoms with Gasteiger partial charge < -0.3 is 19.4 Å². The number of benzene rings is 1. The van der Waals surface area contributed by atoms with Crippen LogP contribution in [0.4, 0.5) is 5.69 Å². The number of ether oxygens (including phenoxy) is 1. The van der Waals surface area contributed by atoms with Crippen LogP contribution in [0.25, 0.3) is 0 Å². The molecule has 0 radical (unpaired) electrons. The lowest BCUT2D eigenvalue weighted by atomic mass is 10.3. The van der Waals surface area contributed by atoms with Crippen LogP contribution >= 0.6 is 0 Å². The fraction of sp³-hybridized carbons (Fsp3) is 0.333. The first kappa shape index (κ1) is 21.6. The topological polar surface area (TPSA) is 118 Å². The molecule has 1 heterocycles. The summed E-state index contributed by atoms with van der Waals surface area (Å²) in [7, 11) is -0.721. The Hall–Kier alpha value is -2.69. The summed E-state index contributed by atoms with van der Waals surface area (Å²) in [5.41, 5.74) is 0.410. The maximum absolute atomic E-state index is 12.3. The minimum atomic E-state index is -3.69. The molecule has 0 bridgehead atoms. The molecule has 0 aliphatic rings. The summed E-state index contributed by atoms with van der Waals surface area (Å²) in [4.78, 5) is 25.5. The molecule has 9 nitrogen and oxygen atoms in total. The number of carbonyl (C=O) groups is 2. The normalized spacial score (nSPS) is 12.4. The number of carbonyl (C=O) groups excluding carboxylic acids is 2. The second kappa shape index (κ2) is 9.49. The van der Waals surface area contributed by atoms with Crippen LogP contribution in [0, 0.1) is 0 Å². The van der Waals surface area contributed by atoms with Crippen LogP contribution in [0.15, 0.2) is 52.0 Å². The predicted molar refractivity (Wildman–Crippen MR) is 102 cm³/mol. The Bertz CT molecular complexity index is 894. The highest BCUT2D eigenvalue weighted by molar-refractivity contribution is 7.89. The molecule has 0 aliphatic carbocycles. The molecule has 1 aromatic heterocycles. The van der Waals surface area contributed by atoms with Gasteiger partial charge in [0.15, 0.2) is 5.76 Å². The van der Waals surface area contributed by atoms with Crippen LogP contribution in [0.1, 0.15) is 17.5 Å². The summed E-state index contributed by atoms with van der Waals surface area (Å²) >= 11 is 0. The van der Waals surface area contributed by atoms with Crippen molar-refractivity contribution >= 4 is 27.5 Å². The van der Waals surface area contributed by atoms with E-state index in [0.29, 0.717) is 5.69 Å². The van der Waals surface area contributed by atoms with Gasteiger partial charge in [0.05, 0.1) is 24.3 Å². The van der Waals surface area contributed by atoms with Crippen LogP contribution < -0.4 is 10.0 Å². The van der Waals surface area contributed by atoms with E-state index in [0.717, 1.165) is 0 Å². The highest BCUT2D eigenvalue weighted by atomic mass is 32.2. The van der Waals surface area contributed by atoms with Crippen molar-refractivity contribution in [3.63, 3.8) is 0 Å². The van der Waals surface area contributed by atoms with E-state index >= 15 is 0 Å². The minimum absolute atomic E-state index is 0.0681. The van der Waals surface area contributed by atoms with Crippen molar-refractivity contribution in [2.24, 2.45) is 0 Å². The number of amides is 2. The third kappa shape index (κ3) is 5.91. The van der Waals surface area contributed by atoms with Gasteiger partial charge in [-0.15, -0.1) is 0 Å². The first-order valence-corrected chi connectivity index (χ1v) is 9.91. The van der Waals surface area contributed by atoms with Crippen LogP contribution in [0.3, 0.4) is 0 Å². The molecule has 2 rings (SSSR count). The predicted octanol–water partition coefficient (Wildman–Crippen LogP) is 1.30. The van der Waals surface area contributed by atoms with Gasteiger partial charge in [-0.2, -0.15) is 0 Å². The lowest BCUT2D eigenvalue weighted by Crippen LogP contribution is -2.35. The van der Waals surface area contributed by atoms with Gasteiger partial charge in [-0.25, -0.2) is 13.1 Å². The average molecular weight is 409 g/mol. The quantitative estimate of drug-likeness (QED) is 0.645. The van der Waals surface area contributed by atoms with Gasteiger partial charge in [-0.05, 0) is 43.3 Å². The second-order valence-electron chi connectivity index (χ2n) is 6.19. The molecule has 1 unspecified atom stereocenters. The lowest BCUT2D eigenvalue weighted by Gasteiger charge is -2.16. The van der Waals surface area contributed by atoms with Crippen molar-refractivity contribution < 1.29 is 27.2 Å². The molecular formula is C18H23N3O6S. The third-order valence-electron chi connectivity index (χ3n) is 3.68. The Morgan fingerprint density at radius 3 is 2.46 bits per heavy atom. The largest absolute Gasteiger partial charge is 0.459 e. The van der Waals surface area contributed by atoms with E-state index in [2.05, 4.69) is 10.0 Å². The molecular weight excluding hydrogens is 386 g/mol. The van der Waals surface area contributed by atoms with E-state index in [1.54, 1.807) is 13.0 Å². The van der Waals surface area contributed by atoms with Crippen LogP contribution in [0.2, 0.25) is 0 Å². The fourth-order valence-electron chi connectivity index (χ4n) is 2.41. The molecule has 152 valence electrons. The number of anilines is 1. The summed E-state index contributed by atoms with van der Waals surface area (Å²) in [6, 6.07) is 8.43. The van der Waals surface area contributed by atoms with Gasteiger partial charge in [0.1, 0.15) is 0 Å². The maximum Gasteiger partial charge on any atom is 0.289 e. The molecule has 1 atom stereocenters. The molecule has 0 saturated carbocycles. The highest BCUT2D eigenvalue weighted by Crippen LogP contribution is 2.14. The second-order valence-corrected chi connectivity index (χ2v) is 7.90. The number of nitrogens with one attached hydrogen (secondary N) is 2. The molecule has 28 heavy (non-hydrogen) atoms. The monoisotopic (exact) mass is 409 g/mol. The molecule has 2 aromatic rings. The standard InChI is InChI=1S/C18H23N3O6S/c1-13(12-26-3)20-28(24,25)15-8-6-14(7-9-15)19-17(22)11-21(2)18(23)16-5-4-10-27-16/h4-10,13,20H,11-12H2,1-3H3,(H,19,22). The van der Waals surface area contributed by atoms with Gasteiger partial charge in [0.25, 0.3) is 5.91 Å². The molecule has 0 aliphatic heterocycles. The van der Waals surface area contributed by atoms with E-state index in [-0.39, 0.29) is 29.8 Å². The van der Waals surface area contributed by atoms with E-state index < -0.39 is 21.8 Å². The number of rotatable bonds is 9. The third-order valence-corrected chi connectivity index (χ3v) is 5.29. The van der Waals surface area contributed by atoms with Crippen molar-refractivity contribution in [2.45, 2.75) is 17.9 Å². The van der Waals surface area contributed by atoms with Crippen molar-refractivity contribution in [1.82, 2.24) is 9.62 Å². The number of hydrogen-bond donors (Lipinski definition) is 2. The lowest BCUT2D eigenvalue weighted by molar-refractivity contribution is -0.116. The van der Waals surface area contributed by atoms with Crippen molar-refractivity contribution in [1.29, 1.82) is 0 Å². The zero-order valence-electron chi connectivity index (χ0n) is 15.8. The molecule has 10 heteroatoms. The Labute approximate surface area is 163 Å². The van der Waals surface area contributed by atoms with E-state index in [1.165, 1.54) is 55.7 Å². The van der Waals surface area contributed by atoms with Crippen molar-refractivity contribution in [2.75, 3.05) is 32.6 Å². The summed E-state index contributed by atoms with van der Waals surface area (Å²) in [6.07, 6.45) is 1.38. The number of hydrogen-bond acceptors (Lipinski definition) is 6. The van der Waals surface area contributed by atoms with Gasteiger partial charge in [0, 0.05) is 25.9 Å². The SMILES string of the molecule is COCC(C)NS(=O)(=O)c1ccc(NC(=O)CN(C)C(=O)c2ccco2)cc1. The van der Waals surface area contributed by atoms with Crippen molar-refractivity contribution in [3.05, 3.63) is 48.4 Å². The van der Waals surface area contributed by atoms with Crippen molar-refractivity contribution in [3.8, 4) is 0 Å². The first-order valence-electron chi connectivity index (χ1n) is 8.43. The molecule has 0 fully saturated rings. The summed E-state index contributed by atoms with van der Waals surface area (Å²) in [5.74, 6) is -0.706. The first-order chi connectivity index (χ1) is 13.2. The Morgan fingerprint density at radius 2 is 1.89 bits per heavy atom. The maximum atomic E-state index is 12.3. The van der Waals surface area contributed by atoms with Crippen LogP contribution in [-0.4, -0.2) is 58.5 Å². The zero-order valence-corrected chi connectivity index (χ0v) is 16.7. The summed E-state index contributed by atoms with van der Waals surface area (Å²) < 4.78 is 37.0. The highest BCUT2D eigenvalue weighted by Gasteiger charge is 2.19. The van der Waals surface area contributed by atoms with E-state index in [1.807, 2.05) is 0 Å². The number of furan rings is 1. The van der Waals surface area contributed by atoms with E-state index in [9.17, 15) is 18.0 Å². The molecule has 1 aromatic carbocycles. The van der Waals surface area contributed by atoms with Gasteiger partial charge in [0.2, 0.25) is 15.9 Å². The summed E-state index contributed by atoms with van der Waals surface area (Å²) in [5, 5.41) is 2.61. The van der Waals surface area contributed by atoms with Gasteiger partial charge >= 0.3 is 0 Å². The summed E-state index contributed by atoms with van der Waals surface area (Å²) in [6.45, 7) is 1.75. The van der Waals surface area contributed by atoms with Crippen LogP contribution in [-0.2, 0) is 19.6 Å². The smallest absolute Gasteiger partial charge is 0.289 e. The van der Waals surface area contributed by atoms with Gasteiger partial charge in [-0.1, -0.05) is 0 Å². The Morgan fingerprint density at radius 1 is 1.21 bits per heavy atom. The van der Waals surface area contributed by atoms with E-state index in [4.69, 9.17) is 9.15 Å². The zero-order chi connectivity index (χ0) is 20.7. The minimum Gasteiger partial charge on any atom is -0.459 e. The number of nitrogens with zero attached hydrogens (tertiary/aromatic N) is 1. The molecule has 2 N–H and O–H groups in total. The fourth-order valence-corrected chi connectivity index (χ4v) is 3.64. The Balaban J connectivity index is 1.94.